The van der Waals surface area contributed by atoms with E-state index in [4.69, 9.17) is 11.5 Å². The number of amides is 1. The van der Waals surface area contributed by atoms with Gasteiger partial charge in [-0.2, -0.15) is 0 Å². The average Bonchev–Trinajstić information content (AvgIpc) is 3.39. The summed E-state index contributed by atoms with van der Waals surface area (Å²) in [5.74, 6) is 0.828. The second kappa shape index (κ2) is 16.3. The molecule has 44 heavy (non-hydrogen) atoms. The Morgan fingerprint density at radius 1 is 0.818 bits per heavy atom. The Labute approximate surface area is 271 Å². The van der Waals surface area contributed by atoms with Crippen LogP contribution in [0.15, 0.2) is 97.1 Å². The molecule has 0 saturated carbocycles. The van der Waals surface area contributed by atoms with Crippen LogP contribution in [-0.4, -0.2) is 26.1 Å². The minimum Gasteiger partial charge on any atom is -0.465 e. The number of carbonyl (C=O) groups is 1. The van der Waals surface area contributed by atoms with Crippen LogP contribution in [-0.2, 0) is 32.5 Å². The summed E-state index contributed by atoms with van der Waals surface area (Å²) in [6.45, 7) is 3.15. The lowest BCUT2D eigenvalue weighted by Gasteiger charge is -2.36. The highest BCUT2D eigenvalue weighted by Gasteiger charge is 2.33. The molecule has 0 aliphatic rings. The Hall–Kier alpha value is -3.88. The number of hydrogen-bond acceptors (Lipinski definition) is 4. The van der Waals surface area contributed by atoms with Crippen LogP contribution in [0.1, 0.15) is 51.7 Å². The van der Waals surface area contributed by atoms with Crippen molar-refractivity contribution >= 4 is 41.9 Å². The molecule has 0 aliphatic heterocycles. The van der Waals surface area contributed by atoms with E-state index in [1.165, 1.54) is 11.1 Å². The summed E-state index contributed by atoms with van der Waals surface area (Å²) >= 11 is 0. The molecule has 0 aliphatic carbocycles. The van der Waals surface area contributed by atoms with Crippen LogP contribution < -0.4 is 11.5 Å². The smallest absolute Gasteiger partial charge is 0.408 e. The maximum atomic E-state index is 13.1. The van der Waals surface area contributed by atoms with Crippen molar-refractivity contribution < 1.29 is 9.90 Å². The largest absolute Gasteiger partial charge is 0.465 e. The molecule has 0 bridgehead atoms. The Bertz CT molecular complexity index is 1610. The quantitative estimate of drug-likeness (QED) is 0.114. The Morgan fingerprint density at radius 2 is 1.41 bits per heavy atom. The van der Waals surface area contributed by atoms with Crippen LogP contribution in [0, 0.1) is 12.8 Å². The van der Waals surface area contributed by atoms with E-state index in [2.05, 4.69) is 46.4 Å². The third-order valence-corrected chi connectivity index (χ3v) is 8.01. The number of aryl methyl sites for hydroxylation is 2. The number of halogens is 2. The van der Waals surface area contributed by atoms with Gasteiger partial charge in [-0.05, 0) is 77.6 Å². The molecule has 1 aromatic heterocycles. The first kappa shape index (κ1) is 34.6. The minimum atomic E-state index is -0.952. The van der Waals surface area contributed by atoms with Gasteiger partial charge in [0.2, 0.25) is 0 Å². The van der Waals surface area contributed by atoms with Crippen LogP contribution in [0.25, 0.3) is 11.0 Å². The third-order valence-electron chi connectivity index (χ3n) is 8.01. The van der Waals surface area contributed by atoms with E-state index < -0.39 is 12.1 Å². The number of H-pyrrole nitrogens is 1. The molecule has 0 saturated heterocycles. The van der Waals surface area contributed by atoms with Gasteiger partial charge in [-0.3, -0.25) is 4.90 Å². The number of benzene rings is 4. The maximum Gasteiger partial charge on any atom is 0.408 e. The summed E-state index contributed by atoms with van der Waals surface area (Å²) in [6.07, 6.45) is 1.41. The second-order valence-electron chi connectivity index (χ2n) is 11.0. The molecule has 9 heteroatoms. The van der Waals surface area contributed by atoms with Gasteiger partial charge in [0.25, 0.3) is 0 Å². The van der Waals surface area contributed by atoms with E-state index >= 15 is 0 Å². The number of rotatable bonds is 12. The van der Waals surface area contributed by atoms with Crippen molar-refractivity contribution in [2.75, 3.05) is 0 Å². The molecule has 2 atom stereocenters. The summed E-state index contributed by atoms with van der Waals surface area (Å²) in [6, 6.07) is 32.3. The zero-order valence-corrected chi connectivity index (χ0v) is 26.5. The van der Waals surface area contributed by atoms with Crippen LogP contribution >= 0.6 is 24.8 Å². The first-order valence-corrected chi connectivity index (χ1v) is 14.5. The highest BCUT2D eigenvalue weighted by atomic mass is 35.5. The normalized spacial score (nSPS) is 12.2. The predicted molar refractivity (Wildman–Crippen MR) is 182 cm³/mol. The molecule has 5 aromatic rings. The molecule has 7 nitrogen and oxygen atoms in total. The van der Waals surface area contributed by atoms with Gasteiger partial charge in [0, 0.05) is 19.6 Å². The van der Waals surface area contributed by atoms with Crippen molar-refractivity contribution in [2.24, 2.45) is 17.4 Å². The lowest BCUT2D eigenvalue weighted by Crippen LogP contribution is -2.38. The Balaban J connectivity index is 0.00000264. The monoisotopic (exact) mass is 633 g/mol. The van der Waals surface area contributed by atoms with Gasteiger partial charge >= 0.3 is 6.09 Å². The van der Waals surface area contributed by atoms with Crippen molar-refractivity contribution in [2.45, 2.75) is 51.9 Å². The Kier molecular flexibility index (Phi) is 12.8. The fourth-order valence-electron chi connectivity index (χ4n) is 5.79. The van der Waals surface area contributed by atoms with Crippen LogP contribution in [0.2, 0.25) is 0 Å². The predicted octanol–water partition coefficient (Wildman–Crippen LogP) is 7.35. The fourth-order valence-corrected chi connectivity index (χ4v) is 5.79. The van der Waals surface area contributed by atoms with Crippen LogP contribution in [0.5, 0.6) is 0 Å². The molecule has 5 rings (SSSR count). The average molecular weight is 635 g/mol. The summed E-state index contributed by atoms with van der Waals surface area (Å²) in [4.78, 5) is 22.6. The number of fused-ring (bicyclic) bond motifs is 1. The van der Waals surface area contributed by atoms with E-state index in [0.29, 0.717) is 13.1 Å². The molecular weight excluding hydrogens is 593 g/mol. The lowest BCUT2D eigenvalue weighted by atomic mass is 9.82. The van der Waals surface area contributed by atoms with E-state index in [0.717, 1.165) is 58.4 Å². The number of nitrogens with zero attached hydrogens (tertiary/aromatic N) is 2. The summed E-state index contributed by atoms with van der Waals surface area (Å²) < 4.78 is 0. The van der Waals surface area contributed by atoms with Gasteiger partial charge in [0.15, 0.2) is 0 Å². The van der Waals surface area contributed by atoms with Crippen LogP contribution in [0.3, 0.4) is 0 Å². The molecule has 0 fully saturated rings. The fraction of sp³-hybridized carbons (Fsp3) is 0.257. The molecule has 6 N–H and O–H groups in total. The molecule has 0 spiro atoms. The zero-order chi connectivity index (χ0) is 29.5. The van der Waals surface area contributed by atoms with E-state index in [-0.39, 0.29) is 37.3 Å². The number of nitrogens with one attached hydrogen (secondary N) is 1. The lowest BCUT2D eigenvalue weighted by molar-refractivity contribution is 0.0961. The van der Waals surface area contributed by atoms with Crippen molar-refractivity contribution in [3.05, 3.63) is 136 Å². The third kappa shape index (κ3) is 8.61. The SMILES string of the molecule is Cc1nc2cc(C(C(CCc3ccc(CN)cc3)Cc3ccccc3)N(Cc3ccc(CN)cc3)C(=O)O)ccc2[nH]1.Cl.Cl. The van der Waals surface area contributed by atoms with Gasteiger partial charge < -0.3 is 21.6 Å². The second-order valence-corrected chi connectivity index (χ2v) is 11.0. The summed E-state index contributed by atoms with van der Waals surface area (Å²) in [7, 11) is 0. The molecule has 0 radical (unpaired) electrons. The van der Waals surface area contributed by atoms with Gasteiger partial charge in [-0.25, -0.2) is 9.78 Å². The summed E-state index contributed by atoms with van der Waals surface area (Å²) in [5, 5.41) is 10.7. The number of aromatic amines is 1. The van der Waals surface area contributed by atoms with E-state index in [9.17, 15) is 9.90 Å². The number of imidazole rings is 1. The first-order chi connectivity index (χ1) is 20.4. The Morgan fingerprint density at radius 3 is 2.00 bits per heavy atom. The number of carboxylic acid groups (broad SMARTS) is 1. The first-order valence-electron chi connectivity index (χ1n) is 14.5. The van der Waals surface area contributed by atoms with E-state index in [1.807, 2.05) is 67.6 Å². The number of aromatic nitrogens is 2. The minimum absolute atomic E-state index is 0. The van der Waals surface area contributed by atoms with E-state index in [1.54, 1.807) is 4.90 Å². The van der Waals surface area contributed by atoms with Gasteiger partial charge in [-0.1, -0.05) is 84.9 Å². The molecule has 2 unspecified atom stereocenters. The van der Waals surface area contributed by atoms with Crippen molar-refractivity contribution in [1.29, 1.82) is 0 Å². The standard InChI is InChI=1S/C35H39N5O2.2ClH/c1-24-38-32-18-17-31(20-33(32)39-24)34(40(35(41)42)23-29-13-11-28(22-37)12-14-29)30(19-26-5-3-2-4-6-26)16-15-25-7-9-27(21-36)10-8-25;;/h2-14,17-18,20,30,34H,15-16,19,21-23,36-37H2,1H3,(H,38,39)(H,41,42);2*1H. The summed E-state index contributed by atoms with van der Waals surface area (Å²) in [5.41, 5.74) is 19.8. The van der Waals surface area contributed by atoms with Gasteiger partial charge in [0.05, 0.1) is 17.1 Å². The van der Waals surface area contributed by atoms with Crippen molar-refractivity contribution in [1.82, 2.24) is 14.9 Å². The van der Waals surface area contributed by atoms with Crippen molar-refractivity contribution in [3.8, 4) is 0 Å². The van der Waals surface area contributed by atoms with Gasteiger partial charge in [0.1, 0.15) is 5.82 Å². The molecule has 232 valence electrons. The highest BCUT2D eigenvalue weighted by Crippen LogP contribution is 2.37. The molecular formula is C35H41Cl2N5O2. The highest BCUT2D eigenvalue weighted by molar-refractivity contribution is 5.85. The molecule has 4 aromatic carbocycles. The van der Waals surface area contributed by atoms with Crippen LogP contribution in [0.4, 0.5) is 4.79 Å². The van der Waals surface area contributed by atoms with Gasteiger partial charge in [-0.15, -0.1) is 24.8 Å². The topological polar surface area (TPSA) is 121 Å². The maximum absolute atomic E-state index is 13.1. The molecule has 1 amide bonds. The van der Waals surface area contributed by atoms with Crippen molar-refractivity contribution in [3.63, 3.8) is 0 Å². The number of nitrogens with two attached hydrogens (primary N) is 2. The number of hydrogen-bond donors (Lipinski definition) is 4. The molecule has 1 heterocycles. The zero-order valence-electron chi connectivity index (χ0n) is 24.9.